The molecule has 0 aliphatic carbocycles. The molecule has 0 aromatic heterocycles. The van der Waals surface area contributed by atoms with E-state index in [1.165, 1.54) is 6.08 Å². The van der Waals surface area contributed by atoms with Gasteiger partial charge in [-0.3, -0.25) is 0 Å². The monoisotopic (exact) mass is 192 g/mol. The molecule has 0 heterocycles. The molecular formula is C12H16O2. The highest BCUT2D eigenvalue weighted by Gasteiger charge is 2.10. The predicted molar refractivity (Wildman–Crippen MR) is 57.6 cm³/mol. The molecule has 76 valence electrons. The van der Waals surface area contributed by atoms with Crippen molar-refractivity contribution in [1.82, 2.24) is 0 Å². The quantitative estimate of drug-likeness (QED) is 0.746. The molecule has 0 radical (unpaired) electrons. The summed E-state index contributed by atoms with van der Waals surface area (Å²) >= 11 is 0. The molecule has 0 fully saturated rings. The summed E-state index contributed by atoms with van der Waals surface area (Å²) in [5.74, 6) is 0.850. The Balaban J connectivity index is 3.23. The fourth-order valence-electron chi connectivity index (χ4n) is 1.49. The minimum absolute atomic E-state index is 0.598. The van der Waals surface area contributed by atoms with Gasteiger partial charge >= 0.3 is 0 Å². The van der Waals surface area contributed by atoms with E-state index >= 15 is 0 Å². The van der Waals surface area contributed by atoms with Gasteiger partial charge in [0.15, 0.2) is 0 Å². The van der Waals surface area contributed by atoms with Crippen LogP contribution in [0.4, 0.5) is 0 Å². The van der Waals surface area contributed by atoms with Gasteiger partial charge in [-0.25, -0.2) is 0 Å². The van der Waals surface area contributed by atoms with E-state index in [9.17, 15) is 5.11 Å². The number of aliphatic hydroxyl groups excluding tert-OH is 1. The van der Waals surface area contributed by atoms with Crippen molar-refractivity contribution in [2.75, 3.05) is 7.11 Å². The van der Waals surface area contributed by atoms with Gasteiger partial charge < -0.3 is 9.84 Å². The van der Waals surface area contributed by atoms with Gasteiger partial charge in [-0.15, -0.1) is 6.58 Å². The Kier molecular flexibility index (Phi) is 3.31. The van der Waals surface area contributed by atoms with Gasteiger partial charge in [0.1, 0.15) is 5.75 Å². The second-order valence-corrected chi connectivity index (χ2v) is 3.29. The van der Waals surface area contributed by atoms with E-state index < -0.39 is 6.10 Å². The minimum atomic E-state index is -0.598. The van der Waals surface area contributed by atoms with Crippen molar-refractivity contribution >= 4 is 0 Å². The Morgan fingerprint density at radius 1 is 1.36 bits per heavy atom. The lowest BCUT2D eigenvalue weighted by Gasteiger charge is -2.14. The number of benzene rings is 1. The second kappa shape index (κ2) is 4.29. The lowest BCUT2D eigenvalue weighted by molar-refractivity contribution is 0.228. The van der Waals surface area contributed by atoms with Crippen molar-refractivity contribution < 1.29 is 9.84 Å². The summed E-state index contributed by atoms with van der Waals surface area (Å²) in [4.78, 5) is 0. The fourth-order valence-corrected chi connectivity index (χ4v) is 1.49. The summed E-state index contributed by atoms with van der Waals surface area (Å²) in [6.07, 6.45) is 0.924. The molecule has 0 amide bonds. The number of hydrogen-bond acceptors (Lipinski definition) is 2. The molecule has 0 saturated carbocycles. The average molecular weight is 192 g/mol. The van der Waals surface area contributed by atoms with Crippen molar-refractivity contribution in [2.24, 2.45) is 0 Å². The summed E-state index contributed by atoms with van der Waals surface area (Å²) in [7, 11) is 1.64. The average Bonchev–Trinajstić information content (AvgIpc) is 2.21. The molecule has 0 saturated heterocycles. The zero-order valence-electron chi connectivity index (χ0n) is 8.87. The van der Waals surface area contributed by atoms with E-state index in [2.05, 4.69) is 6.58 Å². The zero-order valence-corrected chi connectivity index (χ0v) is 8.87. The molecule has 2 heteroatoms. The van der Waals surface area contributed by atoms with Crippen molar-refractivity contribution in [3.63, 3.8) is 0 Å². The van der Waals surface area contributed by atoms with Gasteiger partial charge in [0.25, 0.3) is 0 Å². The number of rotatable bonds is 3. The lowest BCUT2D eigenvalue weighted by Crippen LogP contribution is -1.99. The number of ether oxygens (including phenoxy) is 1. The van der Waals surface area contributed by atoms with Crippen molar-refractivity contribution in [3.05, 3.63) is 41.5 Å². The van der Waals surface area contributed by atoms with Crippen LogP contribution in [-0.4, -0.2) is 12.2 Å². The first-order chi connectivity index (χ1) is 6.61. The molecule has 1 aromatic rings. The normalized spacial score (nSPS) is 12.3. The predicted octanol–water partition coefficient (Wildman–Crippen LogP) is 2.53. The van der Waals surface area contributed by atoms with Crippen LogP contribution in [-0.2, 0) is 0 Å². The third-order valence-corrected chi connectivity index (χ3v) is 2.54. The molecule has 0 spiro atoms. The lowest BCUT2D eigenvalue weighted by atomic mass is 9.98. The standard InChI is InChI=1S/C12H16O2/c1-5-11(13)10-6-7-12(14-4)9(3)8(10)2/h5-7,11,13H,1H2,2-4H3. The molecule has 1 N–H and O–H groups in total. The van der Waals surface area contributed by atoms with Crippen LogP contribution in [0.5, 0.6) is 5.75 Å². The van der Waals surface area contributed by atoms with E-state index in [1.807, 2.05) is 26.0 Å². The van der Waals surface area contributed by atoms with Crippen LogP contribution in [0.15, 0.2) is 24.8 Å². The maximum Gasteiger partial charge on any atom is 0.122 e. The van der Waals surface area contributed by atoms with Crippen LogP contribution in [0.1, 0.15) is 22.8 Å². The molecule has 0 bridgehead atoms. The number of hydrogen-bond donors (Lipinski definition) is 1. The van der Waals surface area contributed by atoms with Gasteiger partial charge in [-0.1, -0.05) is 12.1 Å². The first-order valence-electron chi connectivity index (χ1n) is 4.56. The Bertz CT molecular complexity index is 342. The highest BCUT2D eigenvalue weighted by molar-refractivity contribution is 5.45. The fraction of sp³-hybridized carbons (Fsp3) is 0.333. The SMILES string of the molecule is C=CC(O)c1ccc(OC)c(C)c1C. The molecule has 1 rings (SSSR count). The smallest absolute Gasteiger partial charge is 0.122 e. The van der Waals surface area contributed by atoms with Gasteiger partial charge in [0.05, 0.1) is 13.2 Å². The van der Waals surface area contributed by atoms with Gasteiger partial charge in [0, 0.05) is 0 Å². The Hall–Kier alpha value is -1.28. The number of methoxy groups -OCH3 is 1. The summed E-state index contributed by atoms with van der Waals surface area (Å²) in [6.45, 7) is 7.52. The largest absolute Gasteiger partial charge is 0.496 e. The first-order valence-corrected chi connectivity index (χ1v) is 4.56. The van der Waals surface area contributed by atoms with Crippen LogP contribution >= 0.6 is 0 Å². The Morgan fingerprint density at radius 2 is 2.00 bits per heavy atom. The van der Waals surface area contributed by atoms with Crippen molar-refractivity contribution in [1.29, 1.82) is 0 Å². The second-order valence-electron chi connectivity index (χ2n) is 3.29. The van der Waals surface area contributed by atoms with E-state index in [1.54, 1.807) is 7.11 Å². The molecule has 0 aliphatic heterocycles. The topological polar surface area (TPSA) is 29.5 Å². The molecule has 1 aromatic carbocycles. The maximum atomic E-state index is 9.64. The van der Waals surface area contributed by atoms with Crippen LogP contribution < -0.4 is 4.74 Å². The van der Waals surface area contributed by atoms with Crippen molar-refractivity contribution in [3.8, 4) is 5.75 Å². The maximum absolute atomic E-state index is 9.64. The van der Waals surface area contributed by atoms with Gasteiger partial charge in [0.2, 0.25) is 0 Å². The van der Waals surface area contributed by atoms with Crippen LogP contribution in [0, 0.1) is 13.8 Å². The summed E-state index contributed by atoms with van der Waals surface area (Å²) in [5, 5.41) is 9.64. The van der Waals surface area contributed by atoms with Gasteiger partial charge in [-0.2, -0.15) is 0 Å². The third kappa shape index (κ3) is 1.80. The summed E-state index contributed by atoms with van der Waals surface area (Å²) in [5.41, 5.74) is 3.00. The molecule has 2 nitrogen and oxygen atoms in total. The molecule has 14 heavy (non-hydrogen) atoms. The highest BCUT2D eigenvalue weighted by atomic mass is 16.5. The summed E-state index contributed by atoms with van der Waals surface area (Å²) < 4.78 is 5.19. The highest BCUT2D eigenvalue weighted by Crippen LogP contribution is 2.27. The zero-order chi connectivity index (χ0) is 10.7. The third-order valence-electron chi connectivity index (χ3n) is 2.54. The van der Waals surface area contributed by atoms with Crippen LogP contribution in [0.2, 0.25) is 0 Å². The first kappa shape index (κ1) is 10.8. The molecule has 1 atom stereocenters. The van der Waals surface area contributed by atoms with Crippen LogP contribution in [0.25, 0.3) is 0 Å². The van der Waals surface area contributed by atoms with Crippen LogP contribution in [0.3, 0.4) is 0 Å². The summed E-state index contributed by atoms with van der Waals surface area (Å²) in [6, 6.07) is 3.73. The van der Waals surface area contributed by atoms with E-state index in [-0.39, 0.29) is 0 Å². The van der Waals surface area contributed by atoms with E-state index in [0.29, 0.717) is 0 Å². The number of aliphatic hydroxyl groups is 1. The minimum Gasteiger partial charge on any atom is -0.496 e. The van der Waals surface area contributed by atoms with E-state index in [4.69, 9.17) is 4.74 Å². The Morgan fingerprint density at radius 3 is 2.50 bits per heavy atom. The van der Waals surface area contributed by atoms with E-state index in [0.717, 1.165) is 22.4 Å². The van der Waals surface area contributed by atoms with Crippen molar-refractivity contribution in [2.45, 2.75) is 20.0 Å². The molecular weight excluding hydrogens is 176 g/mol. The molecule has 1 unspecified atom stereocenters. The Labute approximate surface area is 84.8 Å². The van der Waals surface area contributed by atoms with Gasteiger partial charge in [-0.05, 0) is 36.6 Å². The molecule has 0 aliphatic rings.